The molecule has 100 valence electrons. The normalized spacial score (nSPS) is 12.4. The summed E-state index contributed by atoms with van der Waals surface area (Å²) in [4.78, 5) is 10.5. The fraction of sp³-hybridized carbons (Fsp3) is 0.500. The number of hydrogen-bond acceptors (Lipinski definition) is 4. The van der Waals surface area contributed by atoms with Crippen LogP contribution in [-0.2, 0) is 11.3 Å². The van der Waals surface area contributed by atoms with Gasteiger partial charge in [0.05, 0.1) is 4.92 Å². The molecule has 1 aromatic carbocycles. The number of nitrogens with zero attached hydrogens (tertiary/aromatic N) is 1. The Morgan fingerprint density at radius 2 is 2.28 bits per heavy atom. The predicted octanol–water partition coefficient (Wildman–Crippen LogP) is 2.76. The van der Waals surface area contributed by atoms with Gasteiger partial charge in [0, 0.05) is 43.0 Å². The third-order valence-corrected chi connectivity index (χ3v) is 2.87. The fourth-order valence-corrected chi connectivity index (χ4v) is 1.75. The molecular formula is C12H17ClN2O3. The van der Waals surface area contributed by atoms with Gasteiger partial charge in [0.25, 0.3) is 5.69 Å². The number of methoxy groups -OCH3 is 1. The van der Waals surface area contributed by atoms with Crippen LogP contribution < -0.4 is 5.32 Å². The molecule has 1 unspecified atom stereocenters. The van der Waals surface area contributed by atoms with Gasteiger partial charge in [0.1, 0.15) is 0 Å². The van der Waals surface area contributed by atoms with Gasteiger partial charge in [0.2, 0.25) is 0 Å². The average Bonchev–Trinajstić information content (AvgIpc) is 2.33. The lowest BCUT2D eigenvalue weighted by Crippen LogP contribution is -2.27. The zero-order valence-electron chi connectivity index (χ0n) is 10.5. The van der Waals surface area contributed by atoms with Crippen molar-refractivity contribution < 1.29 is 9.66 Å². The molecule has 0 spiro atoms. The molecule has 1 atom stereocenters. The van der Waals surface area contributed by atoms with Crippen LogP contribution in [0.15, 0.2) is 18.2 Å². The standard InChI is InChI=1S/C12H17ClN2O3/c1-9(5-6-18-2)14-8-10-7-11(13)3-4-12(10)15(16)17/h3-4,7,9,14H,5-6,8H2,1-2H3. The number of ether oxygens (including phenoxy) is 1. The van der Waals surface area contributed by atoms with Crippen LogP contribution in [0.3, 0.4) is 0 Å². The van der Waals surface area contributed by atoms with Crippen molar-refractivity contribution in [2.24, 2.45) is 0 Å². The summed E-state index contributed by atoms with van der Waals surface area (Å²) in [5, 5.41) is 14.6. The van der Waals surface area contributed by atoms with Crippen LogP contribution >= 0.6 is 11.6 Å². The van der Waals surface area contributed by atoms with Crippen molar-refractivity contribution in [2.75, 3.05) is 13.7 Å². The Morgan fingerprint density at radius 3 is 2.89 bits per heavy atom. The molecule has 0 bridgehead atoms. The van der Waals surface area contributed by atoms with E-state index in [1.54, 1.807) is 13.2 Å². The summed E-state index contributed by atoms with van der Waals surface area (Å²) in [5.74, 6) is 0. The molecule has 0 heterocycles. The summed E-state index contributed by atoms with van der Waals surface area (Å²) in [6, 6.07) is 4.80. The first-order valence-electron chi connectivity index (χ1n) is 5.69. The minimum absolute atomic E-state index is 0.0887. The highest BCUT2D eigenvalue weighted by Gasteiger charge is 2.14. The van der Waals surface area contributed by atoms with Gasteiger partial charge in [-0.3, -0.25) is 10.1 Å². The molecule has 0 aromatic heterocycles. The minimum atomic E-state index is -0.396. The molecule has 0 aliphatic heterocycles. The Labute approximate surface area is 111 Å². The summed E-state index contributed by atoms with van der Waals surface area (Å²) in [5.41, 5.74) is 0.683. The third-order valence-electron chi connectivity index (χ3n) is 2.63. The van der Waals surface area contributed by atoms with Gasteiger partial charge in [-0.25, -0.2) is 0 Å². The zero-order valence-corrected chi connectivity index (χ0v) is 11.2. The van der Waals surface area contributed by atoms with Crippen molar-refractivity contribution in [1.29, 1.82) is 0 Å². The van der Waals surface area contributed by atoms with E-state index in [9.17, 15) is 10.1 Å². The number of nitro benzene ring substituents is 1. The molecule has 0 radical (unpaired) electrons. The molecule has 1 aromatic rings. The minimum Gasteiger partial charge on any atom is -0.385 e. The van der Waals surface area contributed by atoms with Crippen LogP contribution in [0.5, 0.6) is 0 Å². The molecule has 5 nitrogen and oxygen atoms in total. The van der Waals surface area contributed by atoms with Gasteiger partial charge >= 0.3 is 0 Å². The number of benzene rings is 1. The second-order valence-corrected chi connectivity index (χ2v) is 4.53. The fourth-order valence-electron chi connectivity index (χ4n) is 1.55. The Balaban J connectivity index is 2.65. The van der Waals surface area contributed by atoms with Crippen LogP contribution in [0.2, 0.25) is 5.02 Å². The Bertz CT molecular complexity index is 412. The molecule has 0 aliphatic rings. The van der Waals surface area contributed by atoms with E-state index >= 15 is 0 Å². The summed E-state index contributed by atoms with van der Waals surface area (Å²) in [7, 11) is 1.65. The van der Waals surface area contributed by atoms with E-state index in [1.807, 2.05) is 6.92 Å². The van der Waals surface area contributed by atoms with Gasteiger partial charge in [0.15, 0.2) is 0 Å². The monoisotopic (exact) mass is 272 g/mol. The molecule has 6 heteroatoms. The van der Waals surface area contributed by atoms with E-state index in [2.05, 4.69) is 5.32 Å². The molecule has 0 aliphatic carbocycles. The van der Waals surface area contributed by atoms with Gasteiger partial charge in [-0.1, -0.05) is 11.6 Å². The summed E-state index contributed by atoms with van der Waals surface area (Å²) in [6.07, 6.45) is 0.852. The molecule has 18 heavy (non-hydrogen) atoms. The number of nitro groups is 1. The first kappa shape index (κ1) is 14.9. The highest BCUT2D eigenvalue weighted by atomic mass is 35.5. The van der Waals surface area contributed by atoms with E-state index < -0.39 is 4.92 Å². The average molecular weight is 273 g/mol. The topological polar surface area (TPSA) is 64.4 Å². The number of rotatable bonds is 7. The zero-order chi connectivity index (χ0) is 13.5. The molecule has 0 saturated heterocycles. The lowest BCUT2D eigenvalue weighted by atomic mass is 10.1. The Hall–Kier alpha value is -1.17. The van der Waals surface area contributed by atoms with Crippen LogP contribution in [0.4, 0.5) is 5.69 Å². The summed E-state index contributed by atoms with van der Waals surface area (Å²) < 4.78 is 4.98. The maximum atomic E-state index is 10.9. The van der Waals surface area contributed by atoms with Crippen molar-refractivity contribution in [2.45, 2.75) is 25.9 Å². The third kappa shape index (κ3) is 4.60. The van der Waals surface area contributed by atoms with Crippen LogP contribution in [0.1, 0.15) is 18.9 Å². The maximum Gasteiger partial charge on any atom is 0.273 e. The Morgan fingerprint density at radius 1 is 1.56 bits per heavy atom. The van der Waals surface area contributed by atoms with Gasteiger partial charge in [-0.2, -0.15) is 0 Å². The second kappa shape index (κ2) is 7.31. The largest absolute Gasteiger partial charge is 0.385 e. The Kier molecular flexibility index (Phi) is 6.04. The predicted molar refractivity (Wildman–Crippen MR) is 70.9 cm³/mol. The van der Waals surface area contributed by atoms with Crippen molar-refractivity contribution in [3.63, 3.8) is 0 Å². The first-order chi connectivity index (χ1) is 8.54. The van der Waals surface area contributed by atoms with Gasteiger partial charge < -0.3 is 10.1 Å². The van der Waals surface area contributed by atoms with Crippen LogP contribution in [0.25, 0.3) is 0 Å². The molecular weight excluding hydrogens is 256 g/mol. The van der Waals surface area contributed by atoms with Crippen LogP contribution in [0, 0.1) is 10.1 Å². The lowest BCUT2D eigenvalue weighted by molar-refractivity contribution is -0.385. The molecule has 0 fully saturated rings. The smallest absolute Gasteiger partial charge is 0.273 e. The van der Waals surface area contributed by atoms with E-state index in [0.717, 1.165) is 6.42 Å². The summed E-state index contributed by atoms with van der Waals surface area (Å²) in [6.45, 7) is 3.09. The van der Waals surface area contributed by atoms with Gasteiger partial charge in [-0.15, -0.1) is 0 Å². The van der Waals surface area contributed by atoms with Crippen molar-refractivity contribution in [3.8, 4) is 0 Å². The second-order valence-electron chi connectivity index (χ2n) is 4.09. The quantitative estimate of drug-likeness (QED) is 0.612. The number of halogens is 1. The number of nitrogens with one attached hydrogen (secondary N) is 1. The highest BCUT2D eigenvalue weighted by molar-refractivity contribution is 6.30. The molecule has 0 saturated carbocycles. The van der Waals surface area contributed by atoms with Crippen molar-refractivity contribution in [1.82, 2.24) is 5.32 Å². The summed E-state index contributed by atoms with van der Waals surface area (Å²) >= 11 is 5.85. The molecule has 1 rings (SSSR count). The van der Waals surface area contributed by atoms with Crippen molar-refractivity contribution >= 4 is 17.3 Å². The van der Waals surface area contributed by atoms with Crippen molar-refractivity contribution in [3.05, 3.63) is 38.9 Å². The van der Waals surface area contributed by atoms with Crippen LogP contribution in [-0.4, -0.2) is 24.7 Å². The lowest BCUT2D eigenvalue weighted by Gasteiger charge is -2.13. The van der Waals surface area contributed by atoms with E-state index in [0.29, 0.717) is 23.7 Å². The first-order valence-corrected chi connectivity index (χ1v) is 6.07. The molecule has 0 amide bonds. The van der Waals surface area contributed by atoms with Gasteiger partial charge in [-0.05, 0) is 25.5 Å². The highest BCUT2D eigenvalue weighted by Crippen LogP contribution is 2.22. The maximum absolute atomic E-state index is 10.9. The van der Waals surface area contributed by atoms with E-state index in [-0.39, 0.29) is 11.7 Å². The SMILES string of the molecule is COCCC(C)NCc1cc(Cl)ccc1[N+](=O)[O-]. The molecule has 1 N–H and O–H groups in total. The van der Waals surface area contributed by atoms with E-state index in [4.69, 9.17) is 16.3 Å². The number of hydrogen-bond donors (Lipinski definition) is 1. The van der Waals surface area contributed by atoms with E-state index in [1.165, 1.54) is 12.1 Å².